The Morgan fingerprint density at radius 2 is 2.06 bits per heavy atom. The molecule has 2 fully saturated rings. The van der Waals surface area contributed by atoms with Crippen LogP contribution in [-0.2, 0) is 9.53 Å². The van der Waals surface area contributed by atoms with Gasteiger partial charge in [0, 0.05) is 4.91 Å². The summed E-state index contributed by atoms with van der Waals surface area (Å²) in [6.45, 7) is 3.01. The van der Waals surface area contributed by atoms with E-state index >= 15 is 0 Å². The molecule has 1 unspecified atom stereocenters. The summed E-state index contributed by atoms with van der Waals surface area (Å²) in [7, 11) is 0. The Morgan fingerprint density at radius 1 is 1.50 bits per heavy atom. The first-order chi connectivity index (χ1) is 7.24. The minimum Gasteiger partial charge on any atom is -0.479 e. The van der Waals surface area contributed by atoms with Crippen LogP contribution < -0.4 is 0 Å². The molecule has 8 nitrogen and oxygen atoms in total. The maximum atomic E-state index is 10.8. The Morgan fingerprint density at radius 3 is 2.50 bits per heavy atom. The topological polar surface area (TPSA) is 136 Å². The van der Waals surface area contributed by atoms with Crippen molar-refractivity contribution < 1.29 is 24.9 Å². The fourth-order valence-corrected chi connectivity index (χ4v) is 2.48. The van der Waals surface area contributed by atoms with Crippen LogP contribution in [0, 0.1) is 5.41 Å². The Labute approximate surface area is 90.1 Å². The summed E-state index contributed by atoms with van der Waals surface area (Å²) in [6.07, 6.45) is -1.53. The second-order valence-corrected chi connectivity index (χ2v) is 4.56. The highest BCUT2D eigenvalue weighted by atomic mass is 16.7. The highest BCUT2D eigenvalue weighted by Gasteiger charge is 2.92. The molecule has 3 N–H and O–H groups in total. The third-order valence-electron chi connectivity index (χ3n) is 3.69. The van der Waals surface area contributed by atoms with Crippen LogP contribution in [0.5, 0.6) is 0 Å². The lowest BCUT2D eigenvalue weighted by Gasteiger charge is -2.22. The highest BCUT2D eigenvalue weighted by molar-refractivity contribution is 5.75. The van der Waals surface area contributed by atoms with E-state index < -0.39 is 34.9 Å². The molecule has 0 aromatic carbocycles. The molecule has 1 heterocycles. The van der Waals surface area contributed by atoms with Crippen molar-refractivity contribution in [1.82, 2.24) is 0 Å². The molecule has 4 atom stereocenters. The number of hydrogen-bond donors (Lipinski definition) is 3. The molecule has 2 rings (SSSR count). The van der Waals surface area contributed by atoms with E-state index in [9.17, 15) is 15.0 Å². The molecule has 0 bridgehead atoms. The van der Waals surface area contributed by atoms with Gasteiger partial charge in [-0.3, -0.25) is 0 Å². The van der Waals surface area contributed by atoms with E-state index in [1.165, 1.54) is 13.8 Å². The van der Waals surface area contributed by atoms with Crippen LogP contribution in [-0.4, -0.2) is 44.8 Å². The number of hydrogen-bond acceptors (Lipinski definition) is 5. The van der Waals surface area contributed by atoms with Gasteiger partial charge in [-0.05, 0) is 5.53 Å². The fourth-order valence-electron chi connectivity index (χ4n) is 2.48. The number of carboxylic acids is 1. The molecule has 2 aliphatic rings. The first-order valence-electron chi connectivity index (χ1n) is 4.63. The Kier molecular flexibility index (Phi) is 1.86. The van der Waals surface area contributed by atoms with Gasteiger partial charge in [0.2, 0.25) is 5.79 Å². The second-order valence-electron chi connectivity index (χ2n) is 4.56. The van der Waals surface area contributed by atoms with Gasteiger partial charge in [0.15, 0.2) is 6.10 Å². The summed E-state index contributed by atoms with van der Waals surface area (Å²) in [5.41, 5.74) is 5.43. The van der Waals surface area contributed by atoms with Crippen LogP contribution in [0.1, 0.15) is 13.8 Å². The normalized spacial score (nSPS) is 48.0. The molecule has 0 amide bonds. The predicted molar refractivity (Wildman–Crippen MR) is 49.1 cm³/mol. The summed E-state index contributed by atoms with van der Waals surface area (Å²) >= 11 is 0. The van der Waals surface area contributed by atoms with Crippen molar-refractivity contribution in [2.45, 2.75) is 37.4 Å². The van der Waals surface area contributed by atoms with Crippen LogP contribution in [0.4, 0.5) is 0 Å². The Hall–Kier alpha value is -1.34. The standard InChI is InChI=1S/C8H11N3O5/c1-6(2)7(14)4(10-11-9)3(5(12)13)16-8(6,7)15/h3-4,14-15H,1-2H3,(H,12,13)/t3-,4+,7-,8?/m0/s1. The molecule has 0 spiro atoms. The molecule has 1 aliphatic carbocycles. The largest absolute Gasteiger partial charge is 0.479 e. The van der Waals surface area contributed by atoms with Gasteiger partial charge in [0.25, 0.3) is 0 Å². The van der Waals surface area contributed by atoms with Crippen LogP contribution >= 0.6 is 0 Å². The minimum absolute atomic E-state index is 1.06. The van der Waals surface area contributed by atoms with E-state index in [0.717, 1.165) is 0 Å². The number of aliphatic hydroxyl groups is 2. The zero-order chi connectivity index (χ0) is 12.4. The monoisotopic (exact) mass is 229 g/mol. The number of azide groups is 1. The van der Waals surface area contributed by atoms with Gasteiger partial charge >= 0.3 is 5.97 Å². The van der Waals surface area contributed by atoms with Crippen molar-refractivity contribution in [2.24, 2.45) is 10.5 Å². The van der Waals surface area contributed by atoms with E-state index in [4.69, 9.17) is 15.4 Å². The summed E-state index contributed by atoms with van der Waals surface area (Å²) in [6, 6.07) is -1.34. The zero-order valence-corrected chi connectivity index (χ0v) is 8.65. The molecule has 0 aromatic heterocycles. The van der Waals surface area contributed by atoms with E-state index in [2.05, 4.69) is 10.0 Å². The third-order valence-corrected chi connectivity index (χ3v) is 3.69. The first kappa shape index (κ1) is 11.2. The van der Waals surface area contributed by atoms with Gasteiger partial charge in [0.1, 0.15) is 11.6 Å². The first-order valence-corrected chi connectivity index (χ1v) is 4.63. The predicted octanol–water partition coefficient (Wildman–Crippen LogP) is -0.392. The average Bonchev–Trinajstić information content (AvgIpc) is 2.43. The van der Waals surface area contributed by atoms with Gasteiger partial charge in [-0.1, -0.05) is 19.0 Å². The highest BCUT2D eigenvalue weighted by Crippen LogP contribution is 2.72. The smallest absolute Gasteiger partial charge is 0.333 e. The van der Waals surface area contributed by atoms with E-state index in [1.54, 1.807) is 0 Å². The van der Waals surface area contributed by atoms with Gasteiger partial charge in [0.05, 0.1) is 5.41 Å². The molecular weight excluding hydrogens is 218 g/mol. The quantitative estimate of drug-likeness (QED) is 0.336. The molecule has 1 saturated carbocycles. The van der Waals surface area contributed by atoms with Crippen molar-refractivity contribution in [3.63, 3.8) is 0 Å². The lowest BCUT2D eigenvalue weighted by molar-refractivity contribution is -0.186. The molecule has 0 aromatic rings. The number of carbonyl (C=O) groups is 1. The fraction of sp³-hybridized carbons (Fsp3) is 0.875. The SMILES string of the molecule is CC1(C)C2(O)O[C@H](C(=O)O)[C@@H](N=[N+]=[N-])[C@]12O. The molecule has 16 heavy (non-hydrogen) atoms. The molecule has 88 valence electrons. The van der Waals surface area contributed by atoms with Crippen molar-refractivity contribution in [2.75, 3.05) is 0 Å². The van der Waals surface area contributed by atoms with Crippen LogP contribution in [0.15, 0.2) is 5.11 Å². The zero-order valence-electron chi connectivity index (χ0n) is 8.65. The van der Waals surface area contributed by atoms with Gasteiger partial charge in [-0.2, -0.15) is 0 Å². The Balaban J connectivity index is 2.45. The van der Waals surface area contributed by atoms with Crippen molar-refractivity contribution >= 4 is 5.97 Å². The van der Waals surface area contributed by atoms with Crippen LogP contribution in [0.2, 0.25) is 0 Å². The average molecular weight is 229 g/mol. The summed E-state index contributed by atoms with van der Waals surface area (Å²) in [5.74, 6) is -3.36. The number of aliphatic carboxylic acids is 1. The maximum Gasteiger partial charge on any atom is 0.333 e. The lowest BCUT2D eigenvalue weighted by atomic mass is 9.96. The van der Waals surface area contributed by atoms with E-state index in [1.807, 2.05) is 0 Å². The van der Waals surface area contributed by atoms with Gasteiger partial charge in [-0.25, -0.2) is 4.79 Å². The number of rotatable bonds is 2. The summed E-state index contributed by atoms with van der Waals surface area (Å²) in [5, 5.41) is 32.2. The number of ether oxygens (including phenoxy) is 1. The molecule has 1 aliphatic heterocycles. The molecular formula is C8H11N3O5. The lowest BCUT2D eigenvalue weighted by Crippen LogP contribution is -2.42. The third kappa shape index (κ3) is 0.826. The number of nitrogens with zero attached hydrogens (tertiary/aromatic N) is 3. The second kappa shape index (κ2) is 2.67. The molecule has 8 heteroatoms. The van der Waals surface area contributed by atoms with Crippen molar-refractivity contribution in [3.05, 3.63) is 10.4 Å². The molecule has 0 radical (unpaired) electrons. The molecule has 1 saturated heterocycles. The van der Waals surface area contributed by atoms with Crippen molar-refractivity contribution in [1.29, 1.82) is 0 Å². The minimum atomic E-state index is -1.97. The van der Waals surface area contributed by atoms with Crippen LogP contribution in [0.3, 0.4) is 0 Å². The summed E-state index contributed by atoms with van der Waals surface area (Å²) in [4.78, 5) is 13.3. The van der Waals surface area contributed by atoms with Crippen molar-refractivity contribution in [3.8, 4) is 0 Å². The Bertz CT molecular complexity index is 418. The maximum absolute atomic E-state index is 10.8. The summed E-state index contributed by atoms with van der Waals surface area (Å²) < 4.78 is 4.91. The number of fused-ring (bicyclic) bond motifs is 1. The van der Waals surface area contributed by atoms with Crippen LogP contribution in [0.25, 0.3) is 10.4 Å². The van der Waals surface area contributed by atoms with Gasteiger partial charge in [-0.15, -0.1) is 0 Å². The van der Waals surface area contributed by atoms with E-state index in [-0.39, 0.29) is 0 Å². The number of carboxylic acid groups (broad SMARTS) is 1. The van der Waals surface area contributed by atoms with Gasteiger partial charge < -0.3 is 20.1 Å². The van der Waals surface area contributed by atoms with E-state index in [0.29, 0.717) is 0 Å².